The molecule has 2 bridgehead atoms. The van der Waals surface area contributed by atoms with Crippen molar-refractivity contribution in [1.82, 2.24) is 4.57 Å². The molecule has 0 saturated heterocycles. The molecule has 1 heteroatoms. The van der Waals surface area contributed by atoms with Crippen molar-refractivity contribution in [2.24, 2.45) is 23.7 Å². The second kappa shape index (κ2) is 9.64. The number of nitrogens with zero attached hydrogens (tertiary/aromatic N) is 1. The number of hydrogen-bond acceptors (Lipinski definition) is 0. The van der Waals surface area contributed by atoms with Gasteiger partial charge in [-0.2, -0.15) is 0 Å². The van der Waals surface area contributed by atoms with Crippen molar-refractivity contribution < 1.29 is 0 Å². The average Bonchev–Trinajstić information content (AvgIpc) is 4.05. The third-order valence-electron chi connectivity index (χ3n) is 13.0. The van der Waals surface area contributed by atoms with Crippen molar-refractivity contribution in [1.29, 1.82) is 0 Å². The molecule has 4 aliphatic carbocycles. The summed E-state index contributed by atoms with van der Waals surface area (Å²) in [6.45, 7) is 4.44. The Morgan fingerprint density at radius 2 is 1.04 bits per heavy atom. The number of aryl methyl sites for hydroxylation is 2. The van der Waals surface area contributed by atoms with Gasteiger partial charge in [0.2, 0.25) is 0 Å². The van der Waals surface area contributed by atoms with Crippen molar-refractivity contribution in [2.45, 2.75) is 32.6 Å². The summed E-state index contributed by atoms with van der Waals surface area (Å²) >= 11 is 0. The van der Waals surface area contributed by atoms with Crippen molar-refractivity contribution >= 4 is 54.1 Å². The molecule has 238 valence electrons. The molecule has 0 N–H and O–H groups in total. The van der Waals surface area contributed by atoms with Crippen molar-refractivity contribution in [3.05, 3.63) is 150 Å². The molecule has 0 amide bonds. The summed E-state index contributed by atoms with van der Waals surface area (Å²) in [5.41, 5.74) is 13.0. The quantitative estimate of drug-likeness (QED) is 0.169. The van der Waals surface area contributed by atoms with E-state index in [1.54, 1.807) is 5.56 Å². The fourth-order valence-electron chi connectivity index (χ4n) is 10.8. The number of aromatic nitrogens is 1. The van der Waals surface area contributed by atoms with E-state index in [0.717, 1.165) is 29.6 Å². The highest BCUT2D eigenvalue weighted by Crippen LogP contribution is 2.80. The first-order chi connectivity index (χ1) is 24.6. The molecule has 1 heterocycles. The van der Waals surface area contributed by atoms with E-state index in [-0.39, 0.29) is 0 Å². The second-order valence-corrected chi connectivity index (χ2v) is 15.9. The van der Waals surface area contributed by atoms with Crippen molar-refractivity contribution in [2.75, 3.05) is 0 Å². The van der Waals surface area contributed by atoms with Gasteiger partial charge in [-0.05, 0) is 147 Å². The Hall–Kier alpha value is -5.40. The van der Waals surface area contributed by atoms with Crippen molar-refractivity contribution in [3.63, 3.8) is 0 Å². The molecule has 0 aliphatic heterocycles. The largest absolute Gasteiger partial charge is 0.309 e. The van der Waals surface area contributed by atoms with Crippen LogP contribution >= 0.6 is 0 Å². The Kier molecular flexibility index (Phi) is 5.29. The van der Waals surface area contributed by atoms with Crippen molar-refractivity contribution in [3.8, 4) is 27.9 Å². The normalized spacial score (nSPS) is 22.2. The molecular weight excluding hydrogens is 603 g/mol. The van der Waals surface area contributed by atoms with Crippen LogP contribution in [0.4, 0.5) is 0 Å². The number of para-hydroxylation sites is 2. The van der Waals surface area contributed by atoms with Crippen LogP contribution in [0.3, 0.4) is 0 Å². The highest BCUT2D eigenvalue weighted by atomic mass is 15.0. The third-order valence-corrected chi connectivity index (χ3v) is 13.0. The molecule has 0 radical (unpaired) electrons. The summed E-state index contributed by atoms with van der Waals surface area (Å²) in [5.74, 6) is 5.02. The zero-order valence-electron chi connectivity index (χ0n) is 28.4. The zero-order chi connectivity index (χ0) is 32.8. The predicted octanol–water partition coefficient (Wildman–Crippen LogP) is 13.0. The van der Waals surface area contributed by atoms with Crippen LogP contribution in [0.15, 0.2) is 133 Å². The summed E-state index contributed by atoms with van der Waals surface area (Å²) in [6, 6.07) is 51.1. The predicted molar refractivity (Wildman–Crippen MR) is 211 cm³/mol. The topological polar surface area (TPSA) is 4.93 Å². The molecule has 50 heavy (non-hydrogen) atoms. The average molecular weight is 640 g/mol. The standard InChI is InChI=1S/C49H37N/c1-27-19-28(2)21-34(20-27)41-26-40(29-11-15-35(16-12-29)50-44-9-5-3-7-36(44)37-8-4-6-10-45(37)50)38-17-13-30-22-32(33-24-42-48-43(25-33)49(42)48)23-31-14-18-39(41)47(38)46(30)31/h3-23,26,33,42-43,48-49H,24-25H2,1-2H3. The van der Waals surface area contributed by atoms with Gasteiger partial charge in [0.1, 0.15) is 0 Å². The summed E-state index contributed by atoms with van der Waals surface area (Å²) < 4.78 is 2.41. The smallest absolute Gasteiger partial charge is 0.0541 e. The zero-order valence-corrected chi connectivity index (χ0v) is 28.4. The fourth-order valence-corrected chi connectivity index (χ4v) is 10.8. The number of fused-ring (bicyclic) bond motifs is 5. The lowest BCUT2D eigenvalue weighted by atomic mass is 9.75. The van der Waals surface area contributed by atoms with Gasteiger partial charge in [0, 0.05) is 16.5 Å². The van der Waals surface area contributed by atoms with Crippen LogP contribution in [-0.2, 0) is 0 Å². The Balaban J connectivity index is 1.07. The van der Waals surface area contributed by atoms with E-state index in [9.17, 15) is 0 Å². The molecular formula is C49H37N. The Labute approximate surface area is 292 Å². The van der Waals surface area contributed by atoms with Gasteiger partial charge in [0.15, 0.2) is 0 Å². The number of benzene rings is 8. The maximum Gasteiger partial charge on any atom is 0.0541 e. The number of rotatable bonds is 4. The summed E-state index contributed by atoms with van der Waals surface area (Å²) in [6.07, 6.45) is 2.82. The van der Waals surface area contributed by atoms with Gasteiger partial charge in [-0.25, -0.2) is 0 Å². The second-order valence-electron chi connectivity index (χ2n) is 15.9. The molecule has 8 aromatic carbocycles. The molecule has 0 unspecified atom stereocenters. The molecule has 1 nitrogen and oxygen atoms in total. The van der Waals surface area contributed by atoms with E-state index < -0.39 is 0 Å². The summed E-state index contributed by atoms with van der Waals surface area (Å²) in [4.78, 5) is 0. The van der Waals surface area contributed by atoms with Gasteiger partial charge in [0.05, 0.1) is 11.0 Å². The molecule has 4 saturated carbocycles. The van der Waals surface area contributed by atoms with E-state index in [4.69, 9.17) is 0 Å². The maximum absolute atomic E-state index is 2.55. The van der Waals surface area contributed by atoms with E-state index >= 15 is 0 Å². The molecule has 1 aromatic heterocycles. The SMILES string of the molecule is Cc1cc(C)cc(-c2cc(-c3ccc(-n4c5ccccc5c5ccccc54)cc3)c3ccc4cc(C5CC6C7C(C5)C67)cc5ccc2c3c45)c1. The Morgan fingerprint density at radius 1 is 0.480 bits per heavy atom. The lowest BCUT2D eigenvalue weighted by Crippen LogP contribution is -2.17. The first kappa shape index (κ1) is 27.4. The van der Waals surface area contributed by atoms with Crippen LogP contribution in [0.25, 0.3) is 82.1 Å². The van der Waals surface area contributed by atoms with Crippen LogP contribution in [0, 0.1) is 37.5 Å². The molecule has 9 aromatic rings. The highest BCUT2D eigenvalue weighted by Gasteiger charge is 2.75. The van der Waals surface area contributed by atoms with Gasteiger partial charge in [-0.3, -0.25) is 0 Å². The van der Waals surface area contributed by atoms with Crippen LogP contribution in [0.1, 0.15) is 35.4 Å². The minimum absolute atomic E-state index is 0.733. The lowest BCUT2D eigenvalue weighted by Gasteiger charge is -2.29. The monoisotopic (exact) mass is 639 g/mol. The Bertz CT molecular complexity index is 2750. The third kappa shape index (κ3) is 3.73. The minimum atomic E-state index is 0.733. The van der Waals surface area contributed by atoms with Crippen LogP contribution < -0.4 is 0 Å². The molecule has 4 aliphatic rings. The first-order valence-electron chi connectivity index (χ1n) is 18.5. The molecule has 13 rings (SSSR count). The maximum atomic E-state index is 2.55. The molecule has 0 spiro atoms. The summed E-state index contributed by atoms with van der Waals surface area (Å²) in [7, 11) is 0. The van der Waals surface area contributed by atoms with Gasteiger partial charge < -0.3 is 4.57 Å². The lowest BCUT2D eigenvalue weighted by molar-refractivity contribution is 0.299. The van der Waals surface area contributed by atoms with Gasteiger partial charge in [-0.1, -0.05) is 114 Å². The van der Waals surface area contributed by atoms with Crippen LogP contribution in [0.2, 0.25) is 0 Å². The minimum Gasteiger partial charge on any atom is -0.309 e. The van der Waals surface area contributed by atoms with E-state index in [1.807, 2.05) is 0 Å². The Morgan fingerprint density at radius 3 is 1.64 bits per heavy atom. The van der Waals surface area contributed by atoms with Gasteiger partial charge in [0.25, 0.3) is 0 Å². The van der Waals surface area contributed by atoms with E-state index in [1.165, 1.54) is 106 Å². The van der Waals surface area contributed by atoms with E-state index in [2.05, 4.69) is 152 Å². The first-order valence-corrected chi connectivity index (χ1v) is 18.5. The van der Waals surface area contributed by atoms with Crippen LogP contribution in [-0.4, -0.2) is 4.57 Å². The van der Waals surface area contributed by atoms with E-state index in [0.29, 0.717) is 0 Å². The fraction of sp³-hybridized carbons (Fsp3) is 0.184. The van der Waals surface area contributed by atoms with Gasteiger partial charge >= 0.3 is 0 Å². The highest BCUT2D eigenvalue weighted by molar-refractivity contribution is 6.28. The summed E-state index contributed by atoms with van der Waals surface area (Å²) in [5, 5.41) is 10.9. The van der Waals surface area contributed by atoms with Gasteiger partial charge in [-0.15, -0.1) is 0 Å². The molecule has 0 atom stereocenters. The number of hydrogen-bond donors (Lipinski definition) is 0. The molecule has 4 fully saturated rings. The van der Waals surface area contributed by atoms with Crippen LogP contribution in [0.5, 0.6) is 0 Å².